The van der Waals surface area contributed by atoms with E-state index in [-0.39, 0.29) is 11.3 Å². The van der Waals surface area contributed by atoms with Crippen LogP contribution in [0.15, 0.2) is 17.3 Å². The third-order valence-electron chi connectivity index (χ3n) is 3.01. The quantitative estimate of drug-likeness (QED) is 0.609. The van der Waals surface area contributed by atoms with Crippen LogP contribution in [-0.2, 0) is 10.3 Å². The molecule has 0 saturated heterocycles. The summed E-state index contributed by atoms with van der Waals surface area (Å²) >= 11 is 0. The maximum atomic E-state index is 13.8. The maximum Gasteiger partial charge on any atom is 0.425 e. The number of nitrogens with zero attached hydrogens (tertiary/aromatic N) is 2. The maximum absolute atomic E-state index is 13.8. The van der Waals surface area contributed by atoms with Crippen molar-refractivity contribution in [3.05, 3.63) is 23.8 Å². The molecular weight excluding hydrogens is 280 g/mol. The first-order chi connectivity index (χ1) is 9.12. The van der Waals surface area contributed by atoms with Crippen LogP contribution in [0.3, 0.4) is 0 Å². The van der Waals surface area contributed by atoms with Crippen LogP contribution in [0.25, 0.3) is 0 Å². The van der Waals surface area contributed by atoms with Gasteiger partial charge in [0, 0.05) is 12.0 Å². The van der Waals surface area contributed by atoms with Gasteiger partial charge in [0.15, 0.2) is 6.10 Å². The third kappa shape index (κ3) is 2.61. The highest BCUT2D eigenvalue weighted by Gasteiger charge is 2.50. The molecule has 0 radical (unpaired) electrons. The zero-order valence-electron chi connectivity index (χ0n) is 10.4. The van der Waals surface area contributed by atoms with Crippen LogP contribution in [0, 0.1) is 5.95 Å². The van der Waals surface area contributed by atoms with E-state index < -0.39 is 36.2 Å². The van der Waals surface area contributed by atoms with E-state index in [1.807, 2.05) is 0 Å². The summed E-state index contributed by atoms with van der Waals surface area (Å²) in [4.78, 5) is 7.17. The molecule has 4 N–H and O–H groups in total. The lowest BCUT2D eigenvalue weighted by atomic mass is 9.86. The summed E-state index contributed by atoms with van der Waals surface area (Å²) in [5.74, 6) is -0.943. The van der Waals surface area contributed by atoms with Crippen molar-refractivity contribution < 1.29 is 22.3 Å². The summed E-state index contributed by atoms with van der Waals surface area (Å²) in [6.07, 6.45) is -6.34. The van der Waals surface area contributed by atoms with E-state index in [9.17, 15) is 17.6 Å². The molecule has 0 saturated carbocycles. The number of alkyl halides is 3. The first-order valence-electron chi connectivity index (χ1n) is 5.62. The van der Waals surface area contributed by atoms with Crippen molar-refractivity contribution in [2.45, 2.75) is 31.2 Å². The Morgan fingerprint density at radius 3 is 2.65 bits per heavy atom. The largest absolute Gasteiger partial charge is 0.452 e. The van der Waals surface area contributed by atoms with Gasteiger partial charge in [0.2, 0.25) is 5.95 Å². The minimum atomic E-state index is -4.63. The number of nitrogen functional groups attached to an aromatic ring is 1. The van der Waals surface area contributed by atoms with Crippen LogP contribution < -0.4 is 11.5 Å². The molecule has 1 aromatic rings. The van der Waals surface area contributed by atoms with E-state index in [0.717, 1.165) is 6.20 Å². The zero-order valence-corrected chi connectivity index (χ0v) is 10.4. The molecule has 110 valence electrons. The standard InChI is InChI=1S/C11H12F4N4O/c1-10(6-2-5(16)4-18-8(6)12)3-7(11(13,14)15)20-9(17)19-10/h2,4,7H,3,16H2,1H3,(H2,17,19)/t7-,10-/m0/s1. The van der Waals surface area contributed by atoms with Gasteiger partial charge < -0.3 is 16.2 Å². The molecule has 1 aromatic heterocycles. The lowest BCUT2D eigenvalue weighted by Crippen LogP contribution is -2.46. The highest BCUT2D eigenvalue weighted by atomic mass is 19.4. The molecule has 20 heavy (non-hydrogen) atoms. The Bertz CT molecular complexity index is 560. The number of hydrogen-bond acceptors (Lipinski definition) is 5. The molecule has 0 amide bonds. The van der Waals surface area contributed by atoms with Gasteiger partial charge in [0.1, 0.15) is 0 Å². The Balaban J connectivity index is 2.48. The number of hydrogen-bond donors (Lipinski definition) is 2. The van der Waals surface area contributed by atoms with Gasteiger partial charge in [-0.3, -0.25) is 0 Å². The van der Waals surface area contributed by atoms with E-state index in [1.165, 1.54) is 13.0 Å². The minimum Gasteiger partial charge on any atom is -0.452 e. The summed E-state index contributed by atoms with van der Waals surface area (Å²) < 4.78 is 56.6. The lowest BCUT2D eigenvalue weighted by Gasteiger charge is -2.35. The topological polar surface area (TPSA) is 86.5 Å². The molecular formula is C11H12F4N4O. The summed E-state index contributed by atoms with van der Waals surface area (Å²) in [7, 11) is 0. The number of ether oxygens (including phenoxy) is 1. The van der Waals surface area contributed by atoms with Crippen molar-refractivity contribution in [3.63, 3.8) is 0 Å². The number of pyridine rings is 1. The number of rotatable bonds is 1. The van der Waals surface area contributed by atoms with Crippen molar-refractivity contribution in [2.24, 2.45) is 10.7 Å². The average Bonchev–Trinajstić information content (AvgIpc) is 2.30. The zero-order chi connectivity index (χ0) is 15.1. The molecule has 2 rings (SSSR count). The normalized spacial score (nSPS) is 26.9. The van der Waals surface area contributed by atoms with Gasteiger partial charge in [-0.25, -0.2) is 9.98 Å². The second kappa shape index (κ2) is 4.50. The molecule has 0 spiro atoms. The molecule has 2 heterocycles. The van der Waals surface area contributed by atoms with Crippen LogP contribution in [0.2, 0.25) is 0 Å². The Labute approximate surface area is 111 Å². The van der Waals surface area contributed by atoms with Gasteiger partial charge in [0.05, 0.1) is 17.4 Å². The number of aromatic nitrogens is 1. The summed E-state index contributed by atoms with van der Waals surface area (Å²) in [6, 6.07) is 0.542. The van der Waals surface area contributed by atoms with E-state index in [1.54, 1.807) is 0 Å². The van der Waals surface area contributed by atoms with E-state index in [4.69, 9.17) is 11.5 Å². The van der Waals surface area contributed by atoms with Gasteiger partial charge in [0.25, 0.3) is 6.02 Å². The molecule has 0 fully saturated rings. The molecule has 1 aliphatic heterocycles. The molecule has 2 atom stereocenters. The molecule has 5 nitrogen and oxygen atoms in total. The second-order valence-electron chi connectivity index (χ2n) is 4.68. The highest BCUT2D eigenvalue weighted by molar-refractivity contribution is 5.73. The Kier molecular flexibility index (Phi) is 3.23. The van der Waals surface area contributed by atoms with Gasteiger partial charge in [-0.15, -0.1) is 0 Å². The molecule has 9 heteroatoms. The van der Waals surface area contributed by atoms with E-state index >= 15 is 0 Å². The average molecular weight is 292 g/mol. The van der Waals surface area contributed by atoms with Gasteiger partial charge in [-0.05, 0) is 13.0 Å². The first-order valence-corrected chi connectivity index (χ1v) is 5.62. The fourth-order valence-corrected chi connectivity index (χ4v) is 2.06. The second-order valence-corrected chi connectivity index (χ2v) is 4.68. The SMILES string of the molecule is C[C@@]1(c2cc(N)cnc2F)C[C@@H](C(F)(F)F)OC(N)=N1. The molecule has 0 aromatic carbocycles. The van der Waals surface area contributed by atoms with Crippen LogP contribution in [0.1, 0.15) is 18.9 Å². The van der Waals surface area contributed by atoms with Crippen LogP contribution in [0.4, 0.5) is 23.2 Å². The fourth-order valence-electron chi connectivity index (χ4n) is 2.06. The van der Waals surface area contributed by atoms with Gasteiger partial charge >= 0.3 is 6.18 Å². The predicted molar refractivity (Wildman–Crippen MR) is 63.1 cm³/mol. The number of aliphatic imine (C=N–C) groups is 1. The number of halogens is 4. The van der Waals surface area contributed by atoms with Crippen LogP contribution >= 0.6 is 0 Å². The summed E-state index contributed by atoms with van der Waals surface area (Å²) in [6.45, 7) is 1.32. The van der Waals surface area contributed by atoms with Crippen LogP contribution in [0.5, 0.6) is 0 Å². The highest BCUT2D eigenvalue weighted by Crippen LogP contribution is 2.40. The number of nitrogens with two attached hydrogens (primary N) is 2. The summed E-state index contributed by atoms with van der Waals surface area (Å²) in [5.41, 5.74) is 9.18. The monoisotopic (exact) mass is 292 g/mol. The molecule has 1 aliphatic rings. The first kappa shape index (κ1) is 14.4. The van der Waals surface area contributed by atoms with E-state index in [2.05, 4.69) is 14.7 Å². The predicted octanol–water partition coefficient (Wildman–Crippen LogP) is 1.68. The van der Waals surface area contributed by atoms with Crippen LogP contribution in [-0.4, -0.2) is 23.3 Å². The molecule has 0 aliphatic carbocycles. The van der Waals surface area contributed by atoms with Crippen molar-refractivity contribution in [3.8, 4) is 0 Å². The van der Waals surface area contributed by atoms with Gasteiger partial charge in [-0.2, -0.15) is 17.6 Å². The van der Waals surface area contributed by atoms with Gasteiger partial charge in [-0.1, -0.05) is 0 Å². The van der Waals surface area contributed by atoms with Crippen molar-refractivity contribution in [1.82, 2.24) is 4.98 Å². The minimum absolute atomic E-state index is 0.117. The van der Waals surface area contributed by atoms with E-state index in [0.29, 0.717) is 0 Å². The van der Waals surface area contributed by atoms with Crippen molar-refractivity contribution in [1.29, 1.82) is 0 Å². The fraction of sp³-hybridized carbons (Fsp3) is 0.455. The Morgan fingerprint density at radius 1 is 1.40 bits per heavy atom. The number of anilines is 1. The molecule has 0 unspecified atom stereocenters. The Hall–Kier alpha value is -2.06. The Morgan fingerprint density at radius 2 is 2.05 bits per heavy atom. The number of amidine groups is 1. The third-order valence-corrected chi connectivity index (χ3v) is 3.01. The summed E-state index contributed by atoms with van der Waals surface area (Å²) in [5, 5.41) is 0. The van der Waals surface area contributed by atoms with Crippen molar-refractivity contribution in [2.75, 3.05) is 5.73 Å². The van der Waals surface area contributed by atoms with Crippen molar-refractivity contribution >= 4 is 11.7 Å². The lowest BCUT2D eigenvalue weighted by molar-refractivity contribution is -0.208. The smallest absolute Gasteiger partial charge is 0.425 e. The molecule has 0 bridgehead atoms.